The lowest BCUT2D eigenvalue weighted by atomic mass is 10.00. The normalized spacial score (nSPS) is 18.3. The van der Waals surface area contributed by atoms with Crippen LogP contribution in [0.4, 0.5) is 4.39 Å². The summed E-state index contributed by atoms with van der Waals surface area (Å²) in [4.78, 5) is 45.1. The first-order valence-corrected chi connectivity index (χ1v) is 14.9. The zero-order chi connectivity index (χ0) is 32.0. The van der Waals surface area contributed by atoms with Gasteiger partial charge in [-0.15, -0.1) is 0 Å². The number of methoxy groups -OCH3 is 1. The van der Waals surface area contributed by atoms with Crippen molar-refractivity contribution in [3.05, 3.63) is 89.6 Å². The van der Waals surface area contributed by atoms with Crippen LogP contribution in [-0.4, -0.2) is 71.7 Å². The fourth-order valence-electron chi connectivity index (χ4n) is 5.36. The second-order valence-electron chi connectivity index (χ2n) is 10.9. The minimum atomic E-state index is -0.550. The van der Waals surface area contributed by atoms with Gasteiger partial charge in [0, 0.05) is 44.5 Å². The molecule has 13 heteroatoms. The van der Waals surface area contributed by atoms with Gasteiger partial charge in [0.15, 0.2) is 18.1 Å². The number of aryl methyl sites for hydroxylation is 1. The smallest absolute Gasteiger partial charge is 0.258 e. The maximum Gasteiger partial charge on any atom is 0.258 e. The van der Waals surface area contributed by atoms with Gasteiger partial charge in [0.25, 0.3) is 11.8 Å². The number of hydrogen-bond donors (Lipinski definition) is 2. The summed E-state index contributed by atoms with van der Waals surface area (Å²) in [5.74, 6) is 0.176. The lowest BCUT2D eigenvalue weighted by Gasteiger charge is -2.39. The molecule has 0 aliphatic carbocycles. The van der Waals surface area contributed by atoms with Crippen LogP contribution in [0.1, 0.15) is 34.7 Å². The molecular weight excluding hydrogens is 597 g/mol. The maximum absolute atomic E-state index is 14.1. The van der Waals surface area contributed by atoms with Crippen LogP contribution in [0.25, 0.3) is 11.4 Å². The van der Waals surface area contributed by atoms with Gasteiger partial charge in [-0.05, 0) is 48.0 Å². The highest BCUT2D eigenvalue weighted by Crippen LogP contribution is 2.29. The van der Waals surface area contributed by atoms with E-state index in [1.807, 2.05) is 12.1 Å². The molecule has 1 saturated heterocycles. The molecule has 0 radical (unpaired) electrons. The average Bonchev–Trinajstić information content (AvgIpc) is 3.55. The van der Waals surface area contributed by atoms with Crippen molar-refractivity contribution >= 4 is 17.7 Å². The van der Waals surface area contributed by atoms with Crippen LogP contribution in [0.15, 0.2) is 71.3 Å². The predicted molar refractivity (Wildman–Crippen MR) is 162 cm³/mol. The fraction of sp³-hybridized carbons (Fsp3) is 0.303. The average molecular weight is 630 g/mol. The van der Waals surface area contributed by atoms with Crippen molar-refractivity contribution in [2.24, 2.45) is 0 Å². The number of nitrogens with zero attached hydrogens (tertiary/aromatic N) is 3. The van der Waals surface area contributed by atoms with Crippen molar-refractivity contribution in [3.8, 4) is 28.6 Å². The Kier molecular flexibility index (Phi) is 9.08. The molecule has 3 aliphatic rings. The summed E-state index contributed by atoms with van der Waals surface area (Å²) in [7, 11) is 1.47. The highest BCUT2D eigenvalue weighted by atomic mass is 19.1. The standard InChI is InChI=1S/C33H32FN5O7/c1-43-27-11-8-21-16-28(27)44-19-29(40)35-17-20-6-9-22(10-7-20)45-26-14-15-39(18-25(26)36-33(21)42)31(41)13-12-30-37-32(38-46-30)23-4-2-3-5-24(23)34/h2-11,16,25-26H,12-15,17-19H2,1H3,(H,35,40)(H,36,42)/t25-,26+/m0/s1. The van der Waals surface area contributed by atoms with Gasteiger partial charge in [-0.2, -0.15) is 4.98 Å². The van der Waals surface area contributed by atoms with Crippen molar-refractivity contribution in [1.82, 2.24) is 25.7 Å². The maximum atomic E-state index is 14.1. The Hall–Kier alpha value is -5.46. The van der Waals surface area contributed by atoms with Crippen LogP contribution >= 0.6 is 0 Å². The number of nitrogens with one attached hydrogen (secondary N) is 2. The van der Waals surface area contributed by atoms with Crippen LogP contribution in [0, 0.1) is 5.82 Å². The first-order valence-electron chi connectivity index (χ1n) is 14.9. The number of amides is 3. The van der Waals surface area contributed by atoms with Crippen molar-refractivity contribution in [2.45, 2.75) is 38.0 Å². The number of likely N-dealkylation sites (tertiary alicyclic amines) is 1. The van der Waals surface area contributed by atoms with E-state index in [0.29, 0.717) is 31.0 Å². The third kappa shape index (κ3) is 7.09. The summed E-state index contributed by atoms with van der Waals surface area (Å²) in [6.07, 6.45) is 0.288. The van der Waals surface area contributed by atoms with Crippen LogP contribution in [0.3, 0.4) is 0 Å². The molecule has 0 unspecified atom stereocenters. The molecule has 12 nitrogen and oxygen atoms in total. The Morgan fingerprint density at radius 2 is 1.93 bits per heavy atom. The van der Waals surface area contributed by atoms with E-state index >= 15 is 0 Å². The Morgan fingerprint density at radius 1 is 1.11 bits per heavy atom. The topological polar surface area (TPSA) is 145 Å². The molecule has 4 aromatic rings. The number of ether oxygens (including phenoxy) is 3. The summed E-state index contributed by atoms with van der Waals surface area (Å²) < 4.78 is 36.8. The van der Waals surface area contributed by atoms with Gasteiger partial charge in [0.2, 0.25) is 17.6 Å². The van der Waals surface area contributed by atoms with Crippen LogP contribution in [-0.2, 0) is 22.6 Å². The van der Waals surface area contributed by atoms with Gasteiger partial charge in [0.1, 0.15) is 17.7 Å². The van der Waals surface area contributed by atoms with Gasteiger partial charge in [-0.25, -0.2) is 4.39 Å². The Bertz CT molecular complexity index is 1730. The summed E-state index contributed by atoms with van der Waals surface area (Å²) in [5, 5.41) is 9.70. The SMILES string of the molecule is COc1ccc2cc1OCC(=O)NCc1ccc(cc1)O[C@@H]1CCN(C(=O)CCc3nc(-c4ccccc4F)no3)C[C@@H]1NC2=O. The number of carbonyl (C=O) groups is 3. The van der Waals surface area contributed by atoms with E-state index in [9.17, 15) is 18.8 Å². The monoisotopic (exact) mass is 629 g/mol. The summed E-state index contributed by atoms with van der Waals surface area (Å²) >= 11 is 0. The zero-order valence-electron chi connectivity index (χ0n) is 25.0. The first-order chi connectivity index (χ1) is 22.4. The lowest BCUT2D eigenvalue weighted by molar-refractivity contribution is -0.133. The van der Waals surface area contributed by atoms with Gasteiger partial charge in [-0.3, -0.25) is 14.4 Å². The Balaban J connectivity index is 1.18. The number of carbonyl (C=O) groups excluding carboxylic acids is 3. The van der Waals surface area contributed by atoms with E-state index in [0.717, 1.165) is 5.56 Å². The Morgan fingerprint density at radius 3 is 2.74 bits per heavy atom. The molecule has 2 N–H and O–H groups in total. The minimum absolute atomic E-state index is 0.0818. The van der Waals surface area contributed by atoms with Gasteiger partial charge in [-0.1, -0.05) is 29.4 Å². The van der Waals surface area contributed by atoms with E-state index in [4.69, 9.17) is 18.7 Å². The molecule has 2 atom stereocenters. The number of aromatic nitrogens is 2. The summed E-state index contributed by atoms with van der Waals surface area (Å²) in [5.41, 5.74) is 1.37. The molecule has 4 bridgehead atoms. The molecule has 7 rings (SSSR count). The number of fused-ring (bicyclic) bond motifs is 7. The van der Waals surface area contributed by atoms with Gasteiger partial charge >= 0.3 is 0 Å². The third-order valence-corrected chi connectivity index (χ3v) is 7.84. The zero-order valence-corrected chi connectivity index (χ0v) is 25.0. The molecule has 3 aromatic carbocycles. The number of hydrogen-bond acceptors (Lipinski definition) is 9. The molecule has 1 fully saturated rings. The van der Waals surface area contributed by atoms with Crippen LogP contribution in [0.2, 0.25) is 0 Å². The highest BCUT2D eigenvalue weighted by Gasteiger charge is 2.34. The fourth-order valence-corrected chi connectivity index (χ4v) is 5.36. The second kappa shape index (κ2) is 13.7. The molecule has 0 spiro atoms. The van der Waals surface area contributed by atoms with E-state index in [1.54, 1.807) is 47.4 Å². The largest absolute Gasteiger partial charge is 0.493 e. The molecule has 1 aromatic heterocycles. The van der Waals surface area contributed by atoms with Crippen LogP contribution < -0.4 is 24.8 Å². The molecule has 3 aliphatic heterocycles. The second-order valence-corrected chi connectivity index (χ2v) is 10.9. The van der Waals surface area contributed by atoms with E-state index < -0.39 is 23.9 Å². The van der Waals surface area contributed by atoms with E-state index in [1.165, 1.54) is 19.2 Å². The summed E-state index contributed by atoms with van der Waals surface area (Å²) in [6, 6.07) is 17.6. The lowest BCUT2D eigenvalue weighted by Crippen LogP contribution is -2.58. The van der Waals surface area contributed by atoms with Crippen LogP contribution in [0.5, 0.6) is 17.2 Å². The molecular formula is C33H32FN5O7. The van der Waals surface area contributed by atoms with Crippen molar-refractivity contribution in [2.75, 3.05) is 26.8 Å². The van der Waals surface area contributed by atoms with Gasteiger partial charge in [0.05, 0.1) is 18.7 Å². The molecule has 4 heterocycles. The van der Waals surface area contributed by atoms with E-state index in [2.05, 4.69) is 20.8 Å². The predicted octanol–water partition coefficient (Wildman–Crippen LogP) is 3.30. The minimum Gasteiger partial charge on any atom is -0.493 e. The van der Waals surface area contributed by atoms with Crippen molar-refractivity contribution < 1.29 is 37.5 Å². The number of rotatable bonds is 5. The number of benzene rings is 3. The van der Waals surface area contributed by atoms with Crippen molar-refractivity contribution in [3.63, 3.8) is 0 Å². The number of piperidine rings is 1. The third-order valence-electron chi connectivity index (χ3n) is 7.84. The quantitative estimate of drug-likeness (QED) is 0.340. The van der Waals surface area contributed by atoms with Crippen molar-refractivity contribution in [1.29, 1.82) is 0 Å². The first kappa shape index (κ1) is 30.6. The Labute approximate surface area is 263 Å². The molecule has 0 saturated carbocycles. The summed E-state index contributed by atoms with van der Waals surface area (Å²) in [6.45, 7) is 0.648. The number of halogens is 1. The molecule has 3 amide bonds. The van der Waals surface area contributed by atoms with E-state index in [-0.39, 0.29) is 66.4 Å². The highest BCUT2D eigenvalue weighted by molar-refractivity contribution is 5.95. The molecule has 238 valence electrons. The van der Waals surface area contributed by atoms with Gasteiger partial charge < -0.3 is 34.3 Å². The molecule has 46 heavy (non-hydrogen) atoms.